The van der Waals surface area contributed by atoms with E-state index in [0.29, 0.717) is 0 Å². The first-order valence-corrected chi connectivity index (χ1v) is 6.81. The molecule has 3 amide bonds. The number of hydrazine groups is 1. The molecule has 0 unspecified atom stereocenters. The largest absolute Gasteiger partial charge is 0.345 e. The van der Waals surface area contributed by atoms with Crippen molar-refractivity contribution in [2.24, 2.45) is 11.6 Å². The molecule has 0 spiro atoms. The van der Waals surface area contributed by atoms with Crippen LogP contribution in [0.5, 0.6) is 0 Å². The average molecular weight is 307 g/mol. The minimum atomic E-state index is -0.827. The van der Waals surface area contributed by atoms with Crippen LogP contribution in [-0.4, -0.2) is 36.3 Å². The molecule has 1 aromatic rings. The summed E-state index contributed by atoms with van der Waals surface area (Å²) >= 11 is 0. The third-order valence-corrected chi connectivity index (χ3v) is 2.91. The van der Waals surface area contributed by atoms with Gasteiger partial charge in [-0.3, -0.25) is 19.8 Å². The molecule has 1 rings (SSSR count). The molecule has 22 heavy (non-hydrogen) atoms. The van der Waals surface area contributed by atoms with Gasteiger partial charge in [-0.25, -0.2) is 5.84 Å². The molecular formula is C14H21N5O3. The number of rotatable bonds is 7. The second-order valence-electron chi connectivity index (χ2n) is 4.82. The quantitative estimate of drug-likeness (QED) is 0.229. The van der Waals surface area contributed by atoms with Gasteiger partial charge in [-0.15, -0.1) is 0 Å². The van der Waals surface area contributed by atoms with Crippen LogP contribution in [0.25, 0.3) is 0 Å². The van der Waals surface area contributed by atoms with Crippen molar-refractivity contribution in [3.8, 4) is 0 Å². The zero-order valence-corrected chi connectivity index (χ0v) is 12.3. The van der Waals surface area contributed by atoms with Gasteiger partial charge in [0.25, 0.3) is 5.91 Å². The number of nitrogens with one attached hydrogen (secondary N) is 3. The van der Waals surface area contributed by atoms with E-state index >= 15 is 0 Å². The average Bonchev–Trinajstić information content (AvgIpc) is 2.52. The molecule has 0 saturated heterocycles. The van der Waals surface area contributed by atoms with Crippen LogP contribution < -0.4 is 27.6 Å². The van der Waals surface area contributed by atoms with Gasteiger partial charge < -0.3 is 16.4 Å². The molecule has 120 valence electrons. The molecule has 0 bridgehead atoms. The van der Waals surface area contributed by atoms with Crippen LogP contribution in [0.2, 0.25) is 0 Å². The minimum absolute atomic E-state index is 0.269. The Morgan fingerprint density at radius 1 is 1.14 bits per heavy atom. The predicted molar refractivity (Wildman–Crippen MR) is 81.1 cm³/mol. The first-order valence-electron chi connectivity index (χ1n) is 6.81. The fourth-order valence-corrected chi connectivity index (χ4v) is 1.70. The molecule has 7 N–H and O–H groups in total. The molecular weight excluding hydrogens is 286 g/mol. The highest BCUT2D eigenvalue weighted by Crippen LogP contribution is 2.04. The van der Waals surface area contributed by atoms with Crippen molar-refractivity contribution in [3.05, 3.63) is 35.9 Å². The van der Waals surface area contributed by atoms with E-state index in [4.69, 9.17) is 11.6 Å². The topological polar surface area (TPSA) is 139 Å². The Balaban J connectivity index is 2.74. The van der Waals surface area contributed by atoms with Gasteiger partial charge in [0.05, 0.1) is 12.6 Å². The molecule has 0 heterocycles. The van der Waals surface area contributed by atoms with E-state index in [9.17, 15) is 14.4 Å². The number of amides is 3. The summed E-state index contributed by atoms with van der Waals surface area (Å²) in [6.07, 6.45) is 0.287. The van der Waals surface area contributed by atoms with Crippen LogP contribution >= 0.6 is 0 Å². The van der Waals surface area contributed by atoms with Crippen LogP contribution in [0, 0.1) is 0 Å². The fourth-order valence-electron chi connectivity index (χ4n) is 1.70. The van der Waals surface area contributed by atoms with Crippen LogP contribution in [0.3, 0.4) is 0 Å². The van der Waals surface area contributed by atoms with Crippen molar-refractivity contribution in [3.63, 3.8) is 0 Å². The summed E-state index contributed by atoms with van der Waals surface area (Å²) in [5, 5.41) is 4.98. The lowest BCUT2D eigenvalue weighted by Crippen LogP contribution is -2.53. The number of hydrogen-bond acceptors (Lipinski definition) is 5. The molecule has 0 aromatic heterocycles. The van der Waals surface area contributed by atoms with Gasteiger partial charge in [-0.2, -0.15) is 0 Å². The second-order valence-corrected chi connectivity index (χ2v) is 4.82. The number of nitrogens with two attached hydrogens (primary N) is 2. The molecule has 0 radical (unpaired) electrons. The normalized spacial score (nSPS) is 12.9. The van der Waals surface area contributed by atoms with Crippen LogP contribution in [-0.2, 0) is 20.8 Å². The van der Waals surface area contributed by atoms with Crippen molar-refractivity contribution in [2.45, 2.75) is 25.4 Å². The predicted octanol–water partition coefficient (Wildman–Crippen LogP) is -1.83. The van der Waals surface area contributed by atoms with Crippen LogP contribution in [0.1, 0.15) is 12.5 Å². The summed E-state index contributed by atoms with van der Waals surface area (Å²) in [4.78, 5) is 34.9. The molecule has 1 aromatic carbocycles. The number of hydrogen-bond donors (Lipinski definition) is 5. The van der Waals surface area contributed by atoms with E-state index < -0.39 is 29.8 Å². The zero-order chi connectivity index (χ0) is 16.5. The molecule has 0 aliphatic rings. The standard InChI is InChI=1S/C14H21N5O3/c1-9(15)13(21)18-11(7-10-5-3-2-4-6-10)14(22)17-8-12(20)19-16/h2-6,9,11H,7-8,15-16H2,1H3,(H,17,22)(H,18,21)(H,19,20)/t9-,11-/m0/s1. The van der Waals surface area contributed by atoms with E-state index in [2.05, 4.69) is 10.6 Å². The second kappa shape index (κ2) is 8.75. The Hall–Kier alpha value is -2.45. The molecule has 2 atom stereocenters. The zero-order valence-electron chi connectivity index (χ0n) is 12.3. The van der Waals surface area contributed by atoms with Gasteiger partial charge in [-0.1, -0.05) is 30.3 Å². The highest BCUT2D eigenvalue weighted by atomic mass is 16.2. The Labute approximate surface area is 128 Å². The Kier molecular flexibility index (Phi) is 7.00. The van der Waals surface area contributed by atoms with Crippen molar-refractivity contribution in [1.82, 2.24) is 16.1 Å². The van der Waals surface area contributed by atoms with E-state index in [1.54, 1.807) is 0 Å². The SMILES string of the molecule is C[C@H](N)C(=O)N[C@@H](Cc1ccccc1)C(=O)NCC(=O)NN. The maximum atomic E-state index is 12.1. The van der Waals surface area contributed by atoms with E-state index in [0.717, 1.165) is 5.56 Å². The summed E-state index contributed by atoms with van der Waals surface area (Å²) < 4.78 is 0. The van der Waals surface area contributed by atoms with Gasteiger partial charge >= 0.3 is 0 Å². The minimum Gasteiger partial charge on any atom is -0.345 e. The lowest BCUT2D eigenvalue weighted by molar-refractivity contribution is -0.130. The summed E-state index contributed by atoms with van der Waals surface area (Å²) in [5.41, 5.74) is 8.28. The number of carbonyl (C=O) groups is 3. The van der Waals surface area contributed by atoms with Crippen molar-refractivity contribution < 1.29 is 14.4 Å². The molecule has 0 fully saturated rings. The van der Waals surface area contributed by atoms with Crippen LogP contribution in [0.4, 0.5) is 0 Å². The molecule has 8 nitrogen and oxygen atoms in total. The highest BCUT2D eigenvalue weighted by molar-refractivity contribution is 5.91. The summed E-state index contributed by atoms with van der Waals surface area (Å²) in [5.74, 6) is 3.47. The lowest BCUT2D eigenvalue weighted by Gasteiger charge is -2.19. The number of carbonyl (C=O) groups excluding carboxylic acids is 3. The van der Waals surface area contributed by atoms with Gasteiger partial charge in [-0.05, 0) is 12.5 Å². The van der Waals surface area contributed by atoms with Gasteiger partial charge in [0.15, 0.2) is 0 Å². The fraction of sp³-hybridized carbons (Fsp3) is 0.357. The summed E-state index contributed by atoms with van der Waals surface area (Å²) in [7, 11) is 0. The van der Waals surface area contributed by atoms with Gasteiger partial charge in [0, 0.05) is 6.42 Å². The smallest absolute Gasteiger partial charge is 0.253 e. The van der Waals surface area contributed by atoms with Gasteiger partial charge in [0.1, 0.15) is 6.04 Å². The first-order chi connectivity index (χ1) is 10.4. The van der Waals surface area contributed by atoms with E-state index in [1.165, 1.54) is 6.92 Å². The van der Waals surface area contributed by atoms with Gasteiger partial charge in [0.2, 0.25) is 11.8 Å². The Morgan fingerprint density at radius 3 is 2.32 bits per heavy atom. The van der Waals surface area contributed by atoms with Crippen molar-refractivity contribution >= 4 is 17.7 Å². The first kappa shape index (κ1) is 17.6. The number of benzene rings is 1. The third kappa shape index (κ3) is 5.90. The van der Waals surface area contributed by atoms with Crippen molar-refractivity contribution in [1.29, 1.82) is 0 Å². The third-order valence-electron chi connectivity index (χ3n) is 2.91. The van der Waals surface area contributed by atoms with Crippen LogP contribution in [0.15, 0.2) is 30.3 Å². The highest BCUT2D eigenvalue weighted by Gasteiger charge is 2.22. The maximum Gasteiger partial charge on any atom is 0.253 e. The summed E-state index contributed by atoms with van der Waals surface area (Å²) in [6.45, 7) is 1.25. The molecule has 0 aliphatic carbocycles. The Bertz CT molecular complexity index is 518. The Morgan fingerprint density at radius 2 is 1.77 bits per heavy atom. The maximum absolute atomic E-state index is 12.1. The van der Waals surface area contributed by atoms with Crippen molar-refractivity contribution in [2.75, 3.05) is 6.54 Å². The molecule has 0 aliphatic heterocycles. The molecule has 8 heteroatoms. The lowest BCUT2D eigenvalue weighted by atomic mass is 10.0. The molecule has 0 saturated carbocycles. The monoisotopic (exact) mass is 307 g/mol. The van der Waals surface area contributed by atoms with E-state index in [-0.39, 0.29) is 13.0 Å². The van der Waals surface area contributed by atoms with E-state index in [1.807, 2.05) is 35.8 Å². The summed E-state index contributed by atoms with van der Waals surface area (Å²) in [6, 6.07) is 7.63.